The van der Waals surface area contributed by atoms with Crippen LogP contribution in [0.5, 0.6) is 0 Å². The van der Waals surface area contributed by atoms with Gasteiger partial charge in [-0.1, -0.05) is 40.9 Å². The molecule has 0 saturated heterocycles. The molecule has 20 heavy (non-hydrogen) atoms. The average molecular weight is 394 g/mol. The van der Waals surface area contributed by atoms with E-state index in [-0.39, 0.29) is 17.5 Å². The van der Waals surface area contributed by atoms with Crippen molar-refractivity contribution in [1.29, 1.82) is 0 Å². The van der Waals surface area contributed by atoms with Crippen molar-refractivity contribution in [3.8, 4) is 0 Å². The lowest BCUT2D eigenvalue weighted by molar-refractivity contribution is -0.115. The van der Waals surface area contributed by atoms with Gasteiger partial charge in [-0.05, 0) is 39.7 Å². The summed E-state index contributed by atoms with van der Waals surface area (Å²) in [7, 11) is 0. The standard InChI is InChI=1S/C13H8BrCl3N2O/c14-8-5-11(13(17)18-6-8)19-12(20)4-7-1-2-9(15)10(16)3-7/h1-3,5-6H,4H2,(H,19,20). The van der Waals surface area contributed by atoms with Crippen molar-refractivity contribution >= 4 is 62.3 Å². The first kappa shape index (κ1) is 15.6. The highest BCUT2D eigenvalue weighted by Crippen LogP contribution is 2.25. The van der Waals surface area contributed by atoms with Gasteiger partial charge in [0.1, 0.15) is 0 Å². The van der Waals surface area contributed by atoms with Crippen LogP contribution in [0.2, 0.25) is 15.2 Å². The number of benzene rings is 1. The molecule has 0 unspecified atom stereocenters. The first-order chi connectivity index (χ1) is 9.45. The van der Waals surface area contributed by atoms with Gasteiger partial charge in [-0.25, -0.2) is 4.98 Å². The highest BCUT2D eigenvalue weighted by molar-refractivity contribution is 9.10. The van der Waals surface area contributed by atoms with Gasteiger partial charge in [-0.2, -0.15) is 0 Å². The summed E-state index contributed by atoms with van der Waals surface area (Å²) < 4.78 is 0.728. The maximum atomic E-state index is 12.0. The Balaban J connectivity index is 2.09. The molecule has 0 aliphatic heterocycles. The number of halogens is 4. The van der Waals surface area contributed by atoms with Crippen LogP contribution in [-0.4, -0.2) is 10.9 Å². The molecule has 2 aromatic rings. The van der Waals surface area contributed by atoms with Crippen molar-refractivity contribution in [2.75, 3.05) is 5.32 Å². The van der Waals surface area contributed by atoms with Crippen LogP contribution in [0.3, 0.4) is 0 Å². The van der Waals surface area contributed by atoms with Gasteiger partial charge in [0.2, 0.25) is 5.91 Å². The molecule has 0 bridgehead atoms. The van der Waals surface area contributed by atoms with Gasteiger partial charge in [-0.3, -0.25) is 4.79 Å². The van der Waals surface area contributed by atoms with Gasteiger partial charge in [0.05, 0.1) is 22.2 Å². The number of hydrogen-bond donors (Lipinski definition) is 1. The number of nitrogens with zero attached hydrogens (tertiary/aromatic N) is 1. The Labute approximate surface area is 139 Å². The van der Waals surface area contributed by atoms with Crippen molar-refractivity contribution in [1.82, 2.24) is 4.98 Å². The molecule has 1 aromatic carbocycles. The van der Waals surface area contributed by atoms with Crippen LogP contribution in [0.1, 0.15) is 5.56 Å². The van der Waals surface area contributed by atoms with Crippen LogP contribution in [0.4, 0.5) is 5.69 Å². The minimum atomic E-state index is -0.217. The van der Waals surface area contributed by atoms with Gasteiger partial charge in [0, 0.05) is 10.7 Å². The first-order valence-electron chi connectivity index (χ1n) is 5.50. The Morgan fingerprint density at radius 1 is 1.20 bits per heavy atom. The van der Waals surface area contributed by atoms with Gasteiger partial charge >= 0.3 is 0 Å². The fourth-order valence-corrected chi connectivity index (χ4v) is 2.34. The van der Waals surface area contributed by atoms with Crippen molar-refractivity contribution in [2.24, 2.45) is 0 Å². The quantitative estimate of drug-likeness (QED) is 0.746. The summed E-state index contributed by atoms with van der Waals surface area (Å²) in [5.41, 5.74) is 1.21. The fraction of sp³-hybridized carbons (Fsp3) is 0.0769. The Morgan fingerprint density at radius 3 is 2.65 bits per heavy atom. The van der Waals surface area contributed by atoms with Crippen molar-refractivity contribution < 1.29 is 4.79 Å². The monoisotopic (exact) mass is 392 g/mol. The molecule has 104 valence electrons. The molecule has 0 saturated carbocycles. The number of carbonyl (C=O) groups is 1. The minimum absolute atomic E-state index is 0.166. The summed E-state index contributed by atoms with van der Waals surface area (Å²) in [6, 6.07) is 6.74. The third-order valence-electron chi connectivity index (χ3n) is 2.43. The molecule has 7 heteroatoms. The number of carbonyl (C=O) groups excluding carboxylic acids is 1. The number of anilines is 1. The molecule has 1 aromatic heterocycles. The van der Waals surface area contributed by atoms with Gasteiger partial charge in [-0.15, -0.1) is 0 Å². The maximum absolute atomic E-state index is 12.0. The number of pyridine rings is 1. The Morgan fingerprint density at radius 2 is 1.95 bits per heavy atom. The highest BCUT2D eigenvalue weighted by Gasteiger charge is 2.09. The predicted molar refractivity (Wildman–Crippen MR) is 85.7 cm³/mol. The molecule has 1 N–H and O–H groups in total. The van der Waals surface area contributed by atoms with E-state index in [4.69, 9.17) is 34.8 Å². The minimum Gasteiger partial charge on any atom is -0.323 e. The van der Waals surface area contributed by atoms with Crippen LogP contribution in [0.25, 0.3) is 0 Å². The van der Waals surface area contributed by atoms with E-state index in [1.165, 1.54) is 0 Å². The van der Waals surface area contributed by atoms with E-state index in [1.54, 1.807) is 30.5 Å². The molecular weight excluding hydrogens is 386 g/mol. The van der Waals surface area contributed by atoms with Crippen LogP contribution in [-0.2, 0) is 11.2 Å². The molecule has 0 atom stereocenters. The van der Waals surface area contributed by atoms with Crippen molar-refractivity contribution in [2.45, 2.75) is 6.42 Å². The lowest BCUT2D eigenvalue weighted by atomic mass is 10.1. The Bertz CT molecular complexity index is 664. The highest BCUT2D eigenvalue weighted by atomic mass is 79.9. The van der Waals surface area contributed by atoms with E-state index in [0.29, 0.717) is 15.7 Å². The summed E-state index contributed by atoms with van der Waals surface area (Å²) in [6.07, 6.45) is 1.72. The smallest absolute Gasteiger partial charge is 0.228 e. The summed E-state index contributed by atoms with van der Waals surface area (Å²) in [6.45, 7) is 0. The van der Waals surface area contributed by atoms with Crippen LogP contribution in [0, 0.1) is 0 Å². The predicted octanol–water partition coefficient (Wildman–Crippen LogP) is 4.99. The molecule has 2 rings (SSSR count). The lowest BCUT2D eigenvalue weighted by Crippen LogP contribution is -2.15. The van der Waals surface area contributed by atoms with Gasteiger partial charge < -0.3 is 5.32 Å². The third kappa shape index (κ3) is 4.09. The topological polar surface area (TPSA) is 42.0 Å². The van der Waals surface area contributed by atoms with Crippen molar-refractivity contribution in [3.05, 3.63) is 55.7 Å². The zero-order chi connectivity index (χ0) is 14.7. The van der Waals surface area contributed by atoms with Crippen LogP contribution < -0.4 is 5.32 Å². The van der Waals surface area contributed by atoms with E-state index in [1.807, 2.05) is 0 Å². The number of hydrogen-bond acceptors (Lipinski definition) is 2. The Hall–Kier alpha value is -0.810. The van der Waals surface area contributed by atoms with Gasteiger partial charge in [0.25, 0.3) is 0 Å². The van der Waals surface area contributed by atoms with Crippen LogP contribution in [0.15, 0.2) is 34.9 Å². The van der Waals surface area contributed by atoms with E-state index in [2.05, 4.69) is 26.2 Å². The zero-order valence-corrected chi connectivity index (χ0v) is 13.8. The first-order valence-corrected chi connectivity index (χ1v) is 7.43. The van der Waals surface area contributed by atoms with E-state index in [9.17, 15) is 4.79 Å². The number of amides is 1. The van der Waals surface area contributed by atoms with Gasteiger partial charge in [0.15, 0.2) is 5.15 Å². The molecule has 0 spiro atoms. The number of nitrogens with one attached hydrogen (secondary N) is 1. The van der Waals surface area contributed by atoms with Crippen LogP contribution >= 0.6 is 50.7 Å². The summed E-state index contributed by atoms with van der Waals surface area (Å²) >= 11 is 20.9. The number of aromatic nitrogens is 1. The second-order valence-corrected chi connectivity index (χ2v) is 6.05. The lowest BCUT2D eigenvalue weighted by Gasteiger charge is -2.07. The molecule has 0 aliphatic rings. The average Bonchev–Trinajstić information content (AvgIpc) is 2.38. The normalized spacial score (nSPS) is 10.4. The third-order valence-corrected chi connectivity index (χ3v) is 3.90. The summed E-state index contributed by atoms with van der Waals surface area (Å²) in [4.78, 5) is 15.9. The Kier molecular flexibility index (Phi) is 5.27. The van der Waals surface area contributed by atoms with E-state index < -0.39 is 0 Å². The molecule has 0 aliphatic carbocycles. The van der Waals surface area contributed by atoms with Crippen molar-refractivity contribution in [3.63, 3.8) is 0 Å². The SMILES string of the molecule is O=C(Cc1ccc(Cl)c(Cl)c1)Nc1cc(Br)cnc1Cl. The fourth-order valence-electron chi connectivity index (χ4n) is 1.54. The molecule has 3 nitrogen and oxygen atoms in total. The largest absolute Gasteiger partial charge is 0.323 e. The second-order valence-electron chi connectivity index (χ2n) is 3.97. The summed E-state index contributed by atoms with van der Waals surface area (Å²) in [5.74, 6) is -0.217. The zero-order valence-electron chi connectivity index (χ0n) is 9.96. The van der Waals surface area contributed by atoms with E-state index >= 15 is 0 Å². The molecule has 1 amide bonds. The molecular formula is C13H8BrCl3N2O. The number of rotatable bonds is 3. The molecule has 0 fully saturated rings. The summed E-state index contributed by atoms with van der Waals surface area (Å²) in [5, 5.41) is 3.80. The molecule has 0 radical (unpaired) electrons. The van der Waals surface area contributed by atoms with E-state index in [0.717, 1.165) is 10.0 Å². The second kappa shape index (κ2) is 6.76. The molecule has 1 heterocycles. The maximum Gasteiger partial charge on any atom is 0.228 e.